The first-order chi connectivity index (χ1) is 16.6. The summed E-state index contributed by atoms with van der Waals surface area (Å²) in [5, 5.41) is 9.61. The van der Waals surface area contributed by atoms with Gasteiger partial charge in [-0.1, -0.05) is 0 Å². The molecule has 1 aliphatic carbocycles. The third-order valence-corrected chi connectivity index (χ3v) is 6.45. The lowest BCUT2D eigenvalue weighted by Crippen LogP contribution is -2.41. The number of methoxy groups -OCH3 is 1. The summed E-state index contributed by atoms with van der Waals surface area (Å²) in [6, 6.07) is 9.03. The Kier molecular flexibility index (Phi) is 6.84. The summed E-state index contributed by atoms with van der Waals surface area (Å²) in [6.07, 6.45) is -0.0269. The molecular formula is C25H26F3N3O4. The molecule has 7 nitrogen and oxygen atoms in total. The van der Waals surface area contributed by atoms with Crippen LogP contribution in [0.1, 0.15) is 36.9 Å². The molecule has 0 atom stereocenters. The number of H-pyrrole nitrogens is 1. The number of ether oxygens (including phenoxy) is 2. The van der Waals surface area contributed by atoms with Crippen molar-refractivity contribution in [2.45, 2.75) is 44.9 Å². The minimum atomic E-state index is -4.51. The third-order valence-electron chi connectivity index (χ3n) is 6.45. The molecule has 2 N–H and O–H groups in total. The maximum atomic E-state index is 12.8. The second-order valence-electron chi connectivity index (χ2n) is 8.88. The quantitative estimate of drug-likeness (QED) is 0.455. The zero-order valence-electron chi connectivity index (χ0n) is 19.4. The van der Waals surface area contributed by atoms with E-state index in [2.05, 4.69) is 15.0 Å². The number of benzene rings is 1. The summed E-state index contributed by atoms with van der Waals surface area (Å²) >= 11 is 0. The number of hydrogen-bond donors (Lipinski definition) is 2. The number of rotatable bonds is 7. The van der Waals surface area contributed by atoms with E-state index in [9.17, 15) is 23.1 Å². The first-order valence-corrected chi connectivity index (χ1v) is 11.2. The molecular weight excluding hydrogens is 463 g/mol. The number of alkyl halides is 3. The SMILES string of the molecule is COC[C@]1(C(=O)O)CC[C@H](Oc2ccc(-c3ccc(-c4nc(C(F)(F)F)c[nH]4)cn3)c(C)c2)CC1. The molecule has 1 fully saturated rings. The van der Waals surface area contributed by atoms with E-state index < -0.39 is 23.3 Å². The van der Waals surface area contributed by atoms with Gasteiger partial charge in [0.2, 0.25) is 0 Å². The van der Waals surface area contributed by atoms with Crippen LogP contribution in [0.2, 0.25) is 0 Å². The van der Waals surface area contributed by atoms with Gasteiger partial charge in [0, 0.05) is 30.6 Å². The van der Waals surface area contributed by atoms with Crippen LogP contribution in [0.25, 0.3) is 22.6 Å². The fraction of sp³-hybridized carbons (Fsp3) is 0.400. The standard InChI is InChI=1S/C25H26F3N3O4/c1-15-11-18(35-17-7-9-24(10-8-17,14-34-2)23(32)33)4-5-19(15)20-6-3-16(12-29-20)22-30-13-21(31-22)25(26,27)28/h3-6,11-13,17H,7-10,14H2,1-2H3,(H,30,31)(H,32,33)/t17-,24-. The van der Waals surface area contributed by atoms with E-state index in [4.69, 9.17) is 9.47 Å². The van der Waals surface area contributed by atoms with Crippen molar-refractivity contribution in [1.82, 2.24) is 15.0 Å². The Morgan fingerprint density at radius 1 is 1.23 bits per heavy atom. The van der Waals surface area contributed by atoms with Gasteiger partial charge in [0.05, 0.1) is 23.8 Å². The van der Waals surface area contributed by atoms with Gasteiger partial charge in [-0.3, -0.25) is 9.78 Å². The number of carboxylic acids is 1. The van der Waals surface area contributed by atoms with Crippen LogP contribution in [0.3, 0.4) is 0 Å². The first-order valence-electron chi connectivity index (χ1n) is 11.2. The number of nitrogens with zero attached hydrogens (tertiary/aromatic N) is 2. The van der Waals surface area contributed by atoms with E-state index in [1.165, 1.54) is 13.3 Å². The number of imidazole rings is 1. The molecule has 3 aromatic rings. The van der Waals surface area contributed by atoms with Gasteiger partial charge < -0.3 is 19.6 Å². The average molecular weight is 489 g/mol. The van der Waals surface area contributed by atoms with Crippen LogP contribution >= 0.6 is 0 Å². The number of carbonyl (C=O) groups is 1. The average Bonchev–Trinajstić information content (AvgIpc) is 3.32. The van der Waals surface area contributed by atoms with Crippen LogP contribution in [0.5, 0.6) is 5.75 Å². The molecule has 186 valence electrons. The number of pyridine rings is 1. The zero-order valence-corrected chi connectivity index (χ0v) is 19.4. The lowest BCUT2D eigenvalue weighted by Gasteiger charge is -2.36. The molecule has 0 radical (unpaired) electrons. The minimum Gasteiger partial charge on any atom is -0.490 e. The fourth-order valence-corrected chi connectivity index (χ4v) is 4.46. The minimum absolute atomic E-state index is 0.0723. The Balaban J connectivity index is 1.42. The van der Waals surface area contributed by atoms with E-state index in [0.29, 0.717) is 42.7 Å². The van der Waals surface area contributed by atoms with Gasteiger partial charge in [-0.2, -0.15) is 13.2 Å². The number of aromatic nitrogens is 3. The van der Waals surface area contributed by atoms with E-state index in [-0.39, 0.29) is 18.5 Å². The van der Waals surface area contributed by atoms with Crippen molar-refractivity contribution in [3.63, 3.8) is 0 Å². The van der Waals surface area contributed by atoms with Crippen molar-refractivity contribution in [2.24, 2.45) is 5.41 Å². The number of carboxylic acid groups (broad SMARTS) is 1. The van der Waals surface area contributed by atoms with E-state index in [1.54, 1.807) is 12.1 Å². The Morgan fingerprint density at radius 3 is 2.51 bits per heavy atom. The van der Waals surface area contributed by atoms with Crippen LogP contribution in [0.15, 0.2) is 42.7 Å². The van der Waals surface area contributed by atoms with E-state index in [0.717, 1.165) is 17.3 Å². The summed E-state index contributed by atoms with van der Waals surface area (Å²) in [4.78, 5) is 22.2. The van der Waals surface area contributed by atoms with Gasteiger partial charge in [-0.05, 0) is 68.5 Å². The highest BCUT2D eigenvalue weighted by Crippen LogP contribution is 2.39. The van der Waals surface area contributed by atoms with E-state index >= 15 is 0 Å². The molecule has 0 saturated heterocycles. The van der Waals surface area contributed by atoms with Crippen molar-refractivity contribution < 1.29 is 32.5 Å². The highest BCUT2D eigenvalue weighted by Gasteiger charge is 2.42. The maximum absolute atomic E-state index is 12.8. The van der Waals surface area contributed by atoms with Gasteiger partial charge in [0.15, 0.2) is 5.69 Å². The number of aryl methyl sites for hydroxylation is 1. The third kappa shape index (κ3) is 5.32. The highest BCUT2D eigenvalue weighted by atomic mass is 19.4. The van der Waals surface area contributed by atoms with Gasteiger partial charge >= 0.3 is 12.1 Å². The summed E-state index contributed by atoms with van der Waals surface area (Å²) in [5.41, 5.74) is 1.08. The smallest absolute Gasteiger partial charge is 0.434 e. The van der Waals surface area contributed by atoms with Crippen LogP contribution < -0.4 is 4.74 Å². The molecule has 1 aliphatic rings. The molecule has 35 heavy (non-hydrogen) atoms. The molecule has 2 aromatic heterocycles. The predicted molar refractivity (Wildman–Crippen MR) is 122 cm³/mol. The molecule has 0 amide bonds. The first kappa shape index (κ1) is 24.7. The maximum Gasteiger partial charge on any atom is 0.434 e. The van der Waals surface area contributed by atoms with Crippen molar-refractivity contribution in [3.05, 3.63) is 54.0 Å². The number of aromatic amines is 1. The topological polar surface area (TPSA) is 97.3 Å². The van der Waals surface area contributed by atoms with Crippen molar-refractivity contribution in [1.29, 1.82) is 0 Å². The normalized spacial score (nSPS) is 20.5. The number of hydrogen-bond acceptors (Lipinski definition) is 5. The number of nitrogens with one attached hydrogen (secondary N) is 1. The van der Waals surface area contributed by atoms with Gasteiger partial charge in [0.1, 0.15) is 11.6 Å². The lowest BCUT2D eigenvalue weighted by atomic mass is 9.73. The van der Waals surface area contributed by atoms with Gasteiger partial charge in [0.25, 0.3) is 0 Å². The monoisotopic (exact) mass is 489 g/mol. The van der Waals surface area contributed by atoms with E-state index in [1.807, 2.05) is 25.1 Å². The molecule has 4 rings (SSSR count). The molecule has 1 aromatic carbocycles. The molecule has 10 heteroatoms. The molecule has 0 aliphatic heterocycles. The number of aliphatic carboxylic acids is 1. The Morgan fingerprint density at radius 2 is 1.97 bits per heavy atom. The summed E-state index contributed by atoms with van der Waals surface area (Å²) in [6.45, 7) is 2.12. The second kappa shape index (κ2) is 9.69. The summed E-state index contributed by atoms with van der Waals surface area (Å²) in [5.74, 6) is -0.0381. The second-order valence-corrected chi connectivity index (χ2v) is 8.88. The van der Waals surface area contributed by atoms with Crippen LogP contribution in [-0.4, -0.2) is 45.8 Å². The van der Waals surface area contributed by atoms with Crippen LogP contribution in [0, 0.1) is 12.3 Å². The summed E-state index contributed by atoms with van der Waals surface area (Å²) < 4.78 is 49.6. The number of halogens is 3. The molecule has 0 unspecified atom stereocenters. The Hall–Kier alpha value is -3.40. The van der Waals surface area contributed by atoms with Gasteiger partial charge in [-0.15, -0.1) is 0 Å². The van der Waals surface area contributed by atoms with Crippen molar-refractivity contribution in [2.75, 3.05) is 13.7 Å². The zero-order chi connectivity index (χ0) is 25.2. The Bertz CT molecular complexity index is 1180. The van der Waals surface area contributed by atoms with Crippen LogP contribution in [-0.2, 0) is 15.7 Å². The molecule has 0 spiro atoms. The molecule has 1 saturated carbocycles. The lowest BCUT2D eigenvalue weighted by molar-refractivity contribution is -0.156. The summed E-state index contributed by atoms with van der Waals surface area (Å²) in [7, 11) is 1.51. The predicted octanol–water partition coefficient (Wildman–Crippen LogP) is 5.50. The molecule has 0 bridgehead atoms. The van der Waals surface area contributed by atoms with Crippen LogP contribution in [0.4, 0.5) is 13.2 Å². The molecule has 2 heterocycles. The highest BCUT2D eigenvalue weighted by molar-refractivity contribution is 5.75. The van der Waals surface area contributed by atoms with Crippen molar-refractivity contribution in [3.8, 4) is 28.4 Å². The fourth-order valence-electron chi connectivity index (χ4n) is 4.46. The largest absolute Gasteiger partial charge is 0.490 e. The Labute approximate surface area is 200 Å². The van der Waals surface area contributed by atoms with Gasteiger partial charge in [-0.25, -0.2) is 4.98 Å². The van der Waals surface area contributed by atoms with Crippen molar-refractivity contribution >= 4 is 5.97 Å².